The summed E-state index contributed by atoms with van der Waals surface area (Å²) in [6.07, 6.45) is 3.82. The fourth-order valence-electron chi connectivity index (χ4n) is 2.59. The van der Waals surface area contributed by atoms with Crippen molar-refractivity contribution in [1.82, 2.24) is 9.97 Å². The van der Waals surface area contributed by atoms with Gasteiger partial charge in [-0.05, 0) is 77.2 Å². The highest BCUT2D eigenvalue weighted by molar-refractivity contribution is 14.1. The Kier molecular flexibility index (Phi) is 7.30. The molecule has 3 rings (SSSR count). The third-order valence-corrected chi connectivity index (χ3v) is 7.25. The lowest BCUT2D eigenvalue weighted by atomic mass is 10.3. The van der Waals surface area contributed by atoms with Crippen LogP contribution in [0, 0.1) is 3.57 Å². The van der Waals surface area contributed by atoms with Crippen molar-refractivity contribution in [3.63, 3.8) is 0 Å². The van der Waals surface area contributed by atoms with Crippen molar-refractivity contribution in [1.29, 1.82) is 0 Å². The van der Waals surface area contributed by atoms with Crippen molar-refractivity contribution in [2.45, 2.75) is 4.90 Å². The lowest BCUT2D eigenvalue weighted by Gasteiger charge is -2.22. The van der Waals surface area contributed by atoms with Gasteiger partial charge >= 0.3 is 0 Å². The minimum Gasteiger partial charge on any atom is -0.325 e. The molecule has 0 bridgehead atoms. The van der Waals surface area contributed by atoms with E-state index < -0.39 is 32.5 Å². The summed E-state index contributed by atoms with van der Waals surface area (Å²) in [7, 11) is -7.62. The molecule has 32 heavy (non-hydrogen) atoms. The van der Waals surface area contributed by atoms with Crippen LogP contribution in [0.5, 0.6) is 0 Å². The number of anilines is 3. The lowest BCUT2D eigenvalue weighted by molar-refractivity contribution is -0.114. The van der Waals surface area contributed by atoms with Crippen LogP contribution in [-0.2, 0) is 24.8 Å². The van der Waals surface area contributed by atoms with Crippen molar-refractivity contribution in [2.24, 2.45) is 0 Å². The maximum Gasteiger partial charge on any atom is 0.264 e. The van der Waals surface area contributed by atoms with E-state index in [9.17, 15) is 21.6 Å². The molecular weight excluding hydrogens is 569 g/mol. The number of sulfonamides is 2. The van der Waals surface area contributed by atoms with Crippen LogP contribution in [0.3, 0.4) is 0 Å². The molecule has 3 aromatic rings. The Labute approximate surface area is 199 Å². The molecule has 168 valence electrons. The van der Waals surface area contributed by atoms with Crippen molar-refractivity contribution in [3.05, 3.63) is 70.6 Å². The van der Waals surface area contributed by atoms with E-state index in [4.69, 9.17) is 0 Å². The van der Waals surface area contributed by atoms with E-state index in [0.717, 1.165) is 14.1 Å². The Hall–Kier alpha value is -2.78. The number of carbonyl (C=O) groups is 1. The number of hydrogen-bond acceptors (Lipinski definition) is 7. The van der Waals surface area contributed by atoms with Crippen molar-refractivity contribution in [2.75, 3.05) is 27.1 Å². The number of rotatable bonds is 8. The third kappa shape index (κ3) is 6.37. The first-order valence-corrected chi connectivity index (χ1v) is 13.4. The van der Waals surface area contributed by atoms with E-state index in [1.807, 2.05) is 0 Å². The zero-order valence-corrected chi connectivity index (χ0v) is 20.4. The first-order chi connectivity index (χ1) is 15.0. The van der Waals surface area contributed by atoms with E-state index in [0.29, 0.717) is 11.4 Å². The number of nitrogens with one attached hydrogen (secondary N) is 2. The second kappa shape index (κ2) is 9.79. The molecule has 0 aliphatic rings. The van der Waals surface area contributed by atoms with Crippen LogP contribution in [0.2, 0.25) is 0 Å². The highest BCUT2D eigenvalue weighted by Gasteiger charge is 2.21. The normalized spacial score (nSPS) is 11.6. The van der Waals surface area contributed by atoms with E-state index in [2.05, 4.69) is 42.6 Å². The predicted octanol–water partition coefficient (Wildman–Crippen LogP) is 2.29. The first-order valence-electron chi connectivity index (χ1n) is 8.98. The molecule has 0 atom stereocenters. The summed E-state index contributed by atoms with van der Waals surface area (Å²) in [5.74, 6) is -0.651. The molecule has 2 N–H and O–H groups in total. The van der Waals surface area contributed by atoms with Crippen molar-refractivity contribution >= 4 is 65.9 Å². The van der Waals surface area contributed by atoms with Gasteiger partial charge in [0.1, 0.15) is 6.54 Å². The SMILES string of the molecule is CS(=O)(=O)N(CC(=O)Nc1ccc(S(=O)(=O)Nc2ncccn2)cc1)c1ccc(I)cc1. The van der Waals surface area contributed by atoms with Crippen LogP contribution in [-0.4, -0.2) is 45.5 Å². The zero-order valence-electron chi connectivity index (χ0n) is 16.6. The number of aromatic nitrogens is 2. The van der Waals surface area contributed by atoms with E-state index >= 15 is 0 Å². The molecule has 1 aromatic heterocycles. The molecule has 0 aliphatic heterocycles. The molecular formula is C19H18IN5O5S2. The summed E-state index contributed by atoms with van der Waals surface area (Å²) >= 11 is 2.09. The van der Waals surface area contributed by atoms with Crippen molar-refractivity contribution < 1.29 is 21.6 Å². The summed E-state index contributed by atoms with van der Waals surface area (Å²) in [5, 5.41) is 2.57. The van der Waals surface area contributed by atoms with Crippen molar-refractivity contribution in [3.8, 4) is 0 Å². The van der Waals surface area contributed by atoms with E-state index in [-0.39, 0.29) is 10.8 Å². The van der Waals surface area contributed by atoms with Crippen LogP contribution >= 0.6 is 22.6 Å². The van der Waals surface area contributed by atoms with Crippen LogP contribution in [0.1, 0.15) is 0 Å². The predicted molar refractivity (Wildman–Crippen MR) is 129 cm³/mol. The molecule has 0 fully saturated rings. The van der Waals surface area contributed by atoms with Crippen LogP contribution in [0.4, 0.5) is 17.3 Å². The summed E-state index contributed by atoms with van der Waals surface area (Å²) in [6, 6.07) is 13.6. The van der Waals surface area contributed by atoms with Gasteiger partial charge < -0.3 is 5.32 Å². The van der Waals surface area contributed by atoms with Gasteiger partial charge in [0.25, 0.3) is 10.0 Å². The average molecular weight is 587 g/mol. The molecule has 1 heterocycles. The monoisotopic (exact) mass is 587 g/mol. The van der Waals surface area contributed by atoms with Crippen LogP contribution in [0.15, 0.2) is 71.9 Å². The van der Waals surface area contributed by atoms with Gasteiger partial charge in [0, 0.05) is 21.7 Å². The third-order valence-electron chi connectivity index (χ3n) is 4.04. The number of amides is 1. The summed E-state index contributed by atoms with van der Waals surface area (Å²) in [4.78, 5) is 20.0. The van der Waals surface area contributed by atoms with Gasteiger partial charge in [-0.1, -0.05) is 0 Å². The smallest absolute Gasteiger partial charge is 0.264 e. The highest BCUT2D eigenvalue weighted by atomic mass is 127. The molecule has 0 spiro atoms. The molecule has 10 nitrogen and oxygen atoms in total. The largest absolute Gasteiger partial charge is 0.325 e. The lowest BCUT2D eigenvalue weighted by Crippen LogP contribution is -2.37. The fourth-order valence-corrected chi connectivity index (χ4v) is 4.76. The quantitative estimate of drug-likeness (QED) is 0.386. The van der Waals surface area contributed by atoms with Gasteiger partial charge in [-0.3, -0.25) is 9.10 Å². The molecule has 1 amide bonds. The van der Waals surface area contributed by atoms with Crippen LogP contribution in [0.25, 0.3) is 0 Å². The van der Waals surface area contributed by atoms with Gasteiger partial charge in [-0.25, -0.2) is 31.5 Å². The maximum atomic E-state index is 12.5. The Morgan fingerprint density at radius 3 is 2.12 bits per heavy atom. The topological polar surface area (TPSA) is 138 Å². The van der Waals surface area contributed by atoms with E-state index in [1.54, 1.807) is 30.3 Å². The Morgan fingerprint density at radius 1 is 0.969 bits per heavy atom. The second-order valence-electron chi connectivity index (χ2n) is 6.50. The first kappa shape index (κ1) is 23.9. The van der Waals surface area contributed by atoms with Gasteiger partial charge in [-0.15, -0.1) is 0 Å². The minimum atomic E-state index is -3.91. The molecule has 0 saturated carbocycles. The zero-order chi connectivity index (χ0) is 23.4. The minimum absolute atomic E-state index is 0.0559. The fraction of sp³-hybridized carbons (Fsp3) is 0.105. The van der Waals surface area contributed by atoms with E-state index in [1.165, 1.54) is 36.7 Å². The molecule has 2 aromatic carbocycles. The number of halogens is 1. The van der Waals surface area contributed by atoms with Crippen LogP contribution < -0.4 is 14.3 Å². The standard InChI is InChI=1S/C19H18IN5O5S2/c1-31(27,28)25(16-7-3-14(20)4-8-16)13-18(26)23-15-5-9-17(10-6-15)32(29,30)24-19-21-11-2-12-22-19/h2-12H,13H2,1H3,(H,23,26)(H,21,22,24). The summed E-state index contributed by atoms with van der Waals surface area (Å²) < 4.78 is 53.3. The molecule has 13 heteroatoms. The number of carbonyl (C=O) groups excluding carboxylic acids is 1. The van der Waals surface area contributed by atoms with Gasteiger partial charge in [0.2, 0.25) is 21.9 Å². The Balaban J connectivity index is 1.70. The van der Waals surface area contributed by atoms with Gasteiger partial charge in [-0.2, -0.15) is 0 Å². The summed E-state index contributed by atoms with van der Waals surface area (Å²) in [6.45, 7) is -0.438. The Morgan fingerprint density at radius 2 is 1.56 bits per heavy atom. The number of nitrogens with zero attached hydrogens (tertiary/aromatic N) is 3. The molecule has 0 aliphatic carbocycles. The molecule has 0 saturated heterocycles. The molecule has 0 radical (unpaired) electrons. The van der Waals surface area contributed by atoms with Gasteiger partial charge in [0.15, 0.2) is 0 Å². The average Bonchev–Trinajstić information content (AvgIpc) is 2.73. The summed E-state index contributed by atoms with van der Waals surface area (Å²) in [5.41, 5.74) is 0.666. The highest BCUT2D eigenvalue weighted by Crippen LogP contribution is 2.20. The number of benzene rings is 2. The number of hydrogen-bond donors (Lipinski definition) is 2. The maximum absolute atomic E-state index is 12.5. The van der Waals surface area contributed by atoms with Gasteiger partial charge in [0.05, 0.1) is 16.8 Å². The second-order valence-corrected chi connectivity index (χ2v) is 11.3. The Bertz CT molecular complexity index is 1300. The molecule has 0 unspecified atom stereocenters.